The minimum atomic E-state index is -0.0724. The highest BCUT2D eigenvalue weighted by Gasteiger charge is 1.98. The molecule has 2 N–H and O–H groups in total. The van der Waals surface area contributed by atoms with Gasteiger partial charge in [-0.05, 0) is 39.3 Å². The second kappa shape index (κ2) is 7.03. The molecule has 0 aliphatic carbocycles. The lowest BCUT2D eigenvalue weighted by Crippen LogP contribution is -2.09. The Morgan fingerprint density at radius 3 is 2.60 bits per heavy atom. The van der Waals surface area contributed by atoms with Gasteiger partial charge in [0.1, 0.15) is 0 Å². The van der Waals surface area contributed by atoms with Gasteiger partial charge >= 0.3 is 0 Å². The van der Waals surface area contributed by atoms with E-state index in [1.807, 2.05) is 14.0 Å². The van der Waals surface area contributed by atoms with Crippen molar-refractivity contribution >= 4 is 0 Å². The first-order chi connectivity index (χ1) is 4.81. The van der Waals surface area contributed by atoms with E-state index in [4.69, 9.17) is 5.11 Å². The molecule has 0 rings (SSSR count). The molecular formula is C8H19NO. The number of nitrogens with one attached hydrogen (secondary N) is 1. The standard InChI is InChI=1S/C8H19NO/c1-3-8(10)6-4-5-7-9-2/h8-10H,3-7H2,1-2H3/t8-/m1/s1. The van der Waals surface area contributed by atoms with Gasteiger partial charge in [-0.3, -0.25) is 0 Å². The second-order valence-corrected chi connectivity index (χ2v) is 2.66. The van der Waals surface area contributed by atoms with Crippen molar-refractivity contribution in [3.8, 4) is 0 Å². The zero-order valence-corrected chi connectivity index (χ0v) is 7.06. The first-order valence-corrected chi connectivity index (χ1v) is 4.14. The number of hydrogen-bond acceptors (Lipinski definition) is 2. The zero-order valence-electron chi connectivity index (χ0n) is 7.06. The average Bonchev–Trinajstić information content (AvgIpc) is 1.98. The van der Waals surface area contributed by atoms with E-state index in [1.54, 1.807) is 0 Å². The van der Waals surface area contributed by atoms with Gasteiger partial charge in [0.15, 0.2) is 0 Å². The molecule has 62 valence electrons. The number of hydrogen-bond donors (Lipinski definition) is 2. The Balaban J connectivity index is 2.89. The average molecular weight is 145 g/mol. The summed E-state index contributed by atoms with van der Waals surface area (Å²) >= 11 is 0. The Morgan fingerprint density at radius 2 is 2.10 bits per heavy atom. The molecule has 0 saturated heterocycles. The molecule has 0 spiro atoms. The van der Waals surface area contributed by atoms with Gasteiger partial charge in [0, 0.05) is 0 Å². The Morgan fingerprint density at radius 1 is 1.40 bits per heavy atom. The Bertz CT molecular complexity index is 66.3. The van der Waals surface area contributed by atoms with Crippen LogP contribution in [0.25, 0.3) is 0 Å². The van der Waals surface area contributed by atoms with Crippen molar-refractivity contribution < 1.29 is 5.11 Å². The number of aliphatic hydroxyl groups is 1. The quantitative estimate of drug-likeness (QED) is 0.549. The van der Waals surface area contributed by atoms with Crippen LogP contribution in [0.15, 0.2) is 0 Å². The van der Waals surface area contributed by atoms with E-state index in [2.05, 4.69) is 5.32 Å². The second-order valence-electron chi connectivity index (χ2n) is 2.66. The molecule has 0 aliphatic heterocycles. The van der Waals surface area contributed by atoms with Crippen LogP contribution in [0.1, 0.15) is 32.6 Å². The Labute approximate surface area is 63.6 Å². The van der Waals surface area contributed by atoms with E-state index in [0.29, 0.717) is 0 Å². The molecule has 0 aliphatic rings. The van der Waals surface area contributed by atoms with Gasteiger partial charge in [-0.25, -0.2) is 0 Å². The van der Waals surface area contributed by atoms with Crippen molar-refractivity contribution in [2.24, 2.45) is 0 Å². The van der Waals surface area contributed by atoms with Crippen LogP contribution in [0, 0.1) is 0 Å². The fourth-order valence-corrected chi connectivity index (χ4v) is 0.886. The summed E-state index contributed by atoms with van der Waals surface area (Å²) in [7, 11) is 1.95. The van der Waals surface area contributed by atoms with Crippen LogP contribution in [0.3, 0.4) is 0 Å². The van der Waals surface area contributed by atoms with Gasteiger partial charge < -0.3 is 10.4 Å². The van der Waals surface area contributed by atoms with Crippen molar-refractivity contribution in [2.45, 2.75) is 38.7 Å². The molecule has 2 heteroatoms. The first-order valence-electron chi connectivity index (χ1n) is 4.14. The fraction of sp³-hybridized carbons (Fsp3) is 1.00. The molecule has 0 bridgehead atoms. The third-order valence-electron chi connectivity index (χ3n) is 1.69. The van der Waals surface area contributed by atoms with E-state index in [0.717, 1.165) is 25.8 Å². The molecule has 10 heavy (non-hydrogen) atoms. The lowest BCUT2D eigenvalue weighted by atomic mass is 10.1. The Hall–Kier alpha value is -0.0800. The monoisotopic (exact) mass is 145 g/mol. The molecule has 0 unspecified atom stereocenters. The maximum atomic E-state index is 9.14. The normalized spacial score (nSPS) is 13.5. The molecule has 0 fully saturated rings. The molecule has 0 aromatic carbocycles. The van der Waals surface area contributed by atoms with Gasteiger partial charge in [0.2, 0.25) is 0 Å². The van der Waals surface area contributed by atoms with E-state index < -0.39 is 0 Å². The first kappa shape index (κ1) is 9.92. The minimum absolute atomic E-state index is 0.0724. The third kappa shape index (κ3) is 6.05. The molecule has 0 aromatic heterocycles. The van der Waals surface area contributed by atoms with Gasteiger partial charge in [-0.15, -0.1) is 0 Å². The van der Waals surface area contributed by atoms with Gasteiger partial charge in [-0.1, -0.05) is 6.92 Å². The maximum Gasteiger partial charge on any atom is 0.0537 e. The summed E-state index contributed by atoms with van der Waals surface area (Å²) in [6.07, 6.45) is 4.08. The largest absolute Gasteiger partial charge is 0.393 e. The van der Waals surface area contributed by atoms with Crippen LogP contribution >= 0.6 is 0 Å². The predicted octanol–water partition coefficient (Wildman–Crippen LogP) is 1.15. The van der Waals surface area contributed by atoms with Gasteiger partial charge in [0.05, 0.1) is 6.10 Å². The fourth-order valence-electron chi connectivity index (χ4n) is 0.886. The van der Waals surface area contributed by atoms with Crippen molar-refractivity contribution in [1.29, 1.82) is 0 Å². The number of unbranched alkanes of at least 4 members (excludes halogenated alkanes) is 1. The lowest BCUT2D eigenvalue weighted by molar-refractivity contribution is 0.157. The van der Waals surface area contributed by atoms with E-state index >= 15 is 0 Å². The summed E-state index contributed by atoms with van der Waals surface area (Å²) in [4.78, 5) is 0. The van der Waals surface area contributed by atoms with Crippen LogP contribution in [0.4, 0.5) is 0 Å². The number of rotatable bonds is 6. The van der Waals surface area contributed by atoms with Crippen molar-refractivity contribution in [3.05, 3.63) is 0 Å². The van der Waals surface area contributed by atoms with E-state index in [1.165, 1.54) is 6.42 Å². The zero-order chi connectivity index (χ0) is 7.82. The van der Waals surface area contributed by atoms with Crippen LogP contribution in [0.5, 0.6) is 0 Å². The summed E-state index contributed by atoms with van der Waals surface area (Å²) in [6, 6.07) is 0. The topological polar surface area (TPSA) is 32.3 Å². The van der Waals surface area contributed by atoms with Crippen molar-refractivity contribution in [3.63, 3.8) is 0 Å². The number of aliphatic hydroxyl groups excluding tert-OH is 1. The summed E-state index contributed by atoms with van der Waals surface area (Å²) in [6.45, 7) is 3.08. The summed E-state index contributed by atoms with van der Waals surface area (Å²) in [5.41, 5.74) is 0. The van der Waals surface area contributed by atoms with Gasteiger partial charge in [-0.2, -0.15) is 0 Å². The van der Waals surface area contributed by atoms with Gasteiger partial charge in [0.25, 0.3) is 0 Å². The molecule has 2 nitrogen and oxygen atoms in total. The highest BCUT2D eigenvalue weighted by atomic mass is 16.3. The van der Waals surface area contributed by atoms with Crippen LogP contribution in [0.2, 0.25) is 0 Å². The SMILES string of the molecule is CC[C@@H](O)CCCCNC. The third-order valence-corrected chi connectivity index (χ3v) is 1.69. The molecule has 0 radical (unpaired) electrons. The minimum Gasteiger partial charge on any atom is -0.393 e. The highest BCUT2D eigenvalue weighted by Crippen LogP contribution is 2.02. The molecule has 1 atom stereocenters. The smallest absolute Gasteiger partial charge is 0.0537 e. The van der Waals surface area contributed by atoms with Crippen LogP contribution in [-0.4, -0.2) is 24.8 Å². The summed E-state index contributed by atoms with van der Waals surface area (Å²) in [5.74, 6) is 0. The molecule has 0 heterocycles. The van der Waals surface area contributed by atoms with Crippen molar-refractivity contribution in [2.75, 3.05) is 13.6 Å². The van der Waals surface area contributed by atoms with Crippen LogP contribution < -0.4 is 5.32 Å². The summed E-state index contributed by atoms with van der Waals surface area (Å²) < 4.78 is 0. The lowest BCUT2D eigenvalue weighted by Gasteiger charge is -2.05. The molecule has 0 aromatic rings. The van der Waals surface area contributed by atoms with Crippen molar-refractivity contribution in [1.82, 2.24) is 5.32 Å². The summed E-state index contributed by atoms with van der Waals surface area (Å²) in [5, 5.41) is 12.2. The molecule has 0 amide bonds. The predicted molar refractivity (Wildman–Crippen MR) is 44.1 cm³/mol. The molecular weight excluding hydrogens is 126 g/mol. The highest BCUT2D eigenvalue weighted by molar-refractivity contribution is 4.52. The van der Waals surface area contributed by atoms with E-state index in [9.17, 15) is 0 Å². The Kier molecular flexibility index (Phi) is 6.98. The van der Waals surface area contributed by atoms with E-state index in [-0.39, 0.29) is 6.10 Å². The maximum absolute atomic E-state index is 9.14. The molecule has 0 saturated carbocycles. The van der Waals surface area contributed by atoms with Crippen LogP contribution in [-0.2, 0) is 0 Å².